The number of hydrogen-bond acceptors (Lipinski definition) is 7. The molecule has 4 rings (SSSR count). The van der Waals surface area contributed by atoms with E-state index in [1.807, 2.05) is 30.0 Å². The van der Waals surface area contributed by atoms with Crippen LogP contribution in [0.4, 0.5) is 16.0 Å². The van der Waals surface area contributed by atoms with Crippen molar-refractivity contribution in [1.82, 2.24) is 10.2 Å². The zero-order valence-corrected chi connectivity index (χ0v) is 19.5. The average Bonchev–Trinajstić information content (AvgIpc) is 2.83. The first-order valence-corrected chi connectivity index (χ1v) is 10.6. The summed E-state index contributed by atoms with van der Waals surface area (Å²) in [6.07, 6.45) is 0.472. The van der Waals surface area contributed by atoms with Gasteiger partial charge in [-0.05, 0) is 42.3 Å². The molecule has 1 aliphatic rings. The van der Waals surface area contributed by atoms with E-state index >= 15 is 0 Å². The van der Waals surface area contributed by atoms with Gasteiger partial charge in [-0.25, -0.2) is 4.39 Å². The number of alkyl halides is 1. The fourth-order valence-corrected chi connectivity index (χ4v) is 4.09. The van der Waals surface area contributed by atoms with E-state index in [2.05, 4.69) is 27.6 Å². The van der Waals surface area contributed by atoms with E-state index in [1.54, 1.807) is 19.2 Å². The summed E-state index contributed by atoms with van der Waals surface area (Å²) in [6.45, 7) is 2.95. The van der Waals surface area contributed by atoms with Gasteiger partial charge in [-0.3, -0.25) is 0 Å². The second-order valence-electron chi connectivity index (χ2n) is 8.20. The first-order chi connectivity index (χ1) is 15.5. The largest absolute Gasteiger partial charge is 0.496 e. The zero-order valence-electron chi connectivity index (χ0n) is 18.6. The molecule has 33 heavy (non-hydrogen) atoms. The van der Waals surface area contributed by atoms with Gasteiger partial charge in [0.05, 0.1) is 25.3 Å². The molecule has 0 spiro atoms. The van der Waals surface area contributed by atoms with Crippen molar-refractivity contribution in [3.05, 3.63) is 53.1 Å². The van der Waals surface area contributed by atoms with E-state index in [0.29, 0.717) is 36.8 Å². The number of aliphatic hydroxyl groups is 1. The summed E-state index contributed by atoms with van der Waals surface area (Å²) in [6, 6.07) is 13.6. The Morgan fingerprint density at radius 2 is 1.94 bits per heavy atom. The van der Waals surface area contributed by atoms with Gasteiger partial charge in [0, 0.05) is 43.2 Å². The third kappa shape index (κ3) is 5.10. The van der Waals surface area contributed by atoms with Crippen LogP contribution < -0.4 is 15.0 Å². The standard InChI is InChI=1S/C24H26FN5O2.ClH/c1-16-11-18(4-6-21(16)32-2)14-27-22-20-12-17(13-26)3-5-19(20)23(29-28-22)30-9-7-24(25,15-31)8-10-30;/h3-6,11-12,31H,7-10,14-15H2,1-2H3,(H,27,28);1H. The van der Waals surface area contributed by atoms with Crippen LogP contribution in [0.25, 0.3) is 10.8 Å². The van der Waals surface area contributed by atoms with Crippen molar-refractivity contribution in [1.29, 1.82) is 5.26 Å². The average molecular weight is 472 g/mol. The molecule has 174 valence electrons. The summed E-state index contributed by atoms with van der Waals surface area (Å²) in [5.41, 5.74) is 1.10. The molecule has 0 atom stereocenters. The lowest BCUT2D eigenvalue weighted by Gasteiger charge is -2.36. The predicted octanol–water partition coefficient (Wildman–Crippen LogP) is 4.15. The van der Waals surface area contributed by atoms with Crippen molar-refractivity contribution in [3.63, 3.8) is 0 Å². The molecular weight excluding hydrogens is 445 g/mol. The smallest absolute Gasteiger partial charge is 0.159 e. The topological polar surface area (TPSA) is 94.3 Å². The van der Waals surface area contributed by atoms with Crippen LogP contribution in [-0.2, 0) is 6.54 Å². The Balaban J connectivity index is 0.00000306. The molecule has 0 unspecified atom stereocenters. The first-order valence-electron chi connectivity index (χ1n) is 10.6. The van der Waals surface area contributed by atoms with Crippen LogP contribution in [0.2, 0.25) is 0 Å². The molecule has 2 heterocycles. The van der Waals surface area contributed by atoms with Crippen LogP contribution in [0.15, 0.2) is 36.4 Å². The molecule has 2 N–H and O–H groups in total. The molecule has 7 nitrogen and oxygen atoms in total. The van der Waals surface area contributed by atoms with Crippen LogP contribution in [0.3, 0.4) is 0 Å². The van der Waals surface area contributed by atoms with Gasteiger partial charge in [0.15, 0.2) is 11.6 Å². The van der Waals surface area contributed by atoms with Crippen LogP contribution in [0, 0.1) is 18.3 Å². The predicted molar refractivity (Wildman–Crippen MR) is 129 cm³/mol. The Kier molecular flexibility index (Phi) is 7.57. The van der Waals surface area contributed by atoms with Gasteiger partial charge < -0.3 is 20.1 Å². The number of nitrogens with one attached hydrogen (secondary N) is 1. The lowest BCUT2D eigenvalue weighted by molar-refractivity contribution is 0.0480. The number of anilines is 2. The lowest BCUT2D eigenvalue weighted by Crippen LogP contribution is -2.44. The number of aromatic nitrogens is 2. The number of halogens is 2. The SMILES string of the molecule is COc1ccc(CNc2nnc(N3CCC(F)(CO)CC3)c3ccc(C#N)cc23)cc1C.Cl. The highest BCUT2D eigenvalue weighted by molar-refractivity contribution is 5.99. The molecule has 0 radical (unpaired) electrons. The van der Waals surface area contributed by atoms with Crippen molar-refractivity contribution in [2.75, 3.05) is 37.0 Å². The number of methoxy groups -OCH3 is 1. The number of fused-ring (bicyclic) bond motifs is 1. The van der Waals surface area contributed by atoms with Gasteiger partial charge in [0.1, 0.15) is 11.4 Å². The van der Waals surface area contributed by atoms with Gasteiger partial charge >= 0.3 is 0 Å². The van der Waals surface area contributed by atoms with Gasteiger partial charge in [-0.15, -0.1) is 22.6 Å². The third-order valence-corrected chi connectivity index (χ3v) is 6.05. The quantitative estimate of drug-likeness (QED) is 0.557. The summed E-state index contributed by atoms with van der Waals surface area (Å²) in [4.78, 5) is 1.99. The number of rotatable bonds is 6. The molecule has 1 fully saturated rings. The summed E-state index contributed by atoms with van der Waals surface area (Å²) in [5, 5.41) is 32.5. The van der Waals surface area contributed by atoms with Crippen molar-refractivity contribution < 1.29 is 14.2 Å². The molecule has 9 heteroatoms. The maximum Gasteiger partial charge on any atom is 0.159 e. The highest BCUT2D eigenvalue weighted by Gasteiger charge is 2.34. The number of ether oxygens (including phenoxy) is 1. The third-order valence-electron chi connectivity index (χ3n) is 6.05. The van der Waals surface area contributed by atoms with E-state index in [9.17, 15) is 14.8 Å². The van der Waals surface area contributed by atoms with E-state index in [4.69, 9.17) is 4.74 Å². The van der Waals surface area contributed by atoms with Crippen molar-refractivity contribution in [3.8, 4) is 11.8 Å². The normalized spacial score (nSPS) is 14.9. The van der Waals surface area contributed by atoms with Crippen LogP contribution in [0.5, 0.6) is 5.75 Å². The maximum absolute atomic E-state index is 14.4. The molecule has 0 saturated carbocycles. The summed E-state index contributed by atoms with van der Waals surface area (Å²) in [7, 11) is 1.65. The number of hydrogen-bond donors (Lipinski definition) is 2. The monoisotopic (exact) mass is 471 g/mol. The number of aliphatic hydroxyl groups excluding tert-OH is 1. The molecule has 0 aliphatic carbocycles. The second kappa shape index (κ2) is 10.2. The maximum atomic E-state index is 14.4. The minimum absolute atomic E-state index is 0. The van der Waals surface area contributed by atoms with Crippen molar-refractivity contribution in [2.24, 2.45) is 0 Å². The number of nitrogens with zero attached hydrogens (tertiary/aromatic N) is 4. The Hall–Kier alpha value is -3.15. The molecule has 3 aromatic rings. The fraction of sp³-hybridized carbons (Fsp3) is 0.375. The molecule has 0 bridgehead atoms. The minimum atomic E-state index is -1.54. The number of aryl methyl sites for hydroxylation is 1. The van der Waals surface area contributed by atoms with Crippen LogP contribution >= 0.6 is 12.4 Å². The van der Waals surface area contributed by atoms with Crippen molar-refractivity contribution >= 4 is 34.8 Å². The number of benzene rings is 2. The Morgan fingerprint density at radius 3 is 2.58 bits per heavy atom. The second-order valence-corrected chi connectivity index (χ2v) is 8.20. The summed E-state index contributed by atoms with van der Waals surface area (Å²) in [5.74, 6) is 2.08. The first kappa shape index (κ1) is 24.5. The molecule has 1 saturated heterocycles. The molecule has 2 aromatic carbocycles. The van der Waals surface area contributed by atoms with E-state index in [0.717, 1.165) is 27.6 Å². The zero-order chi connectivity index (χ0) is 22.7. The Morgan fingerprint density at radius 1 is 1.18 bits per heavy atom. The van der Waals surface area contributed by atoms with E-state index in [-0.39, 0.29) is 25.2 Å². The van der Waals surface area contributed by atoms with Gasteiger partial charge in [0.25, 0.3) is 0 Å². The highest BCUT2D eigenvalue weighted by Crippen LogP contribution is 2.34. The summed E-state index contributed by atoms with van der Waals surface area (Å²) < 4.78 is 19.8. The molecule has 0 amide bonds. The Bertz CT molecular complexity index is 1180. The molecule has 1 aromatic heterocycles. The van der Waals surface area contributed by atoms with Gasteiger partial charge in [-0.2, -0.15) is 5.26 Å². The highest BCUT2D eigenvalue weighted by atomic mass is 35.5. The summed E-state index contributed by atoms with van der Waals surface area (Å²) >= 11 is 0. The Labute approximate surface area is 198 Å². The fourth-order valence-electron chi connectivity index (χ4n) is 4.09. The number of piperidine rings is 1. The molecule has 1 aliphatic heterocycles. The minimum Gasteiger partial charge on any atom is -0.496 e. The van der Waals surface area contributed by atoms with Gasteiger partial charge in [0.2, 0.25) is 0 Å². The van der Waals surface area contributed by atoms with Crippen LogP contribution in [0.1, 0.15) is 29.5 Å². The van der Waals surface area contributed by atoms with E-state index in [1.165, 1.54) is 0 Å². The van der Waals surface area contributed by atoms with Crippen LogP contribution in [-0.4, -0.2) is 47.8 Å². The lowest BCUT2D eigenvalue weighted by atomic mass is 9.94. The van der Waals surface area contributed by atoms with E-state index < -0.39 is 12.3 Å². The molecular formula is C24H27ClFN5O2. The van der Waals surface area contributed by atoms with Crippen molar-refractivity contribution in [2.45, 2.75) is 32.0 Å². The van der Waals surface area contributed by atoms with Gasteiger partial charge in [-0.1, -0.05) is 12.1 Å². The number of nitriles is 1.